The lowest BCUT2D eigenvalue weighted by Crippen LogP contribution is -2.35. The second kappa shape index (κ2) is 6.76. The van der Waals surface area contributed by atoms with E-state index in [2.05, 4.69) is 4.98 Å². The molecule has 21 heavy (non-hydrogen) atoms. The number of hydrogen-bond acceptors (Lipinski definition) is 5. The molecule has 2 heterocycles. The van der Waals surface area contributed by atoms with E-state index < -0.39 is 21.2 Å². The van der Waals surface area contributed by atoms with Crippen molar-refractivity contribution in [2.75, 3.05) is 13.1 Å². The van der Waals surface area contributed by atoms with E-state index in [1.165, 1.54) is 28.3 Å². The van der Waals surface area contributed by atoms with Gasteiger partial charge >= 0.3 is 0 Å². The van der Waals surface area contributed by atoms with Crippen molar-refractivity contribution in [3.63, 3.8) is 0 Å². The van der Waals surface area contributed by atoms with Crippen molar-refractivity contribution in [2.45, 2.75) is 41.4 Å². The number of carbonyl (C=O) groups excluding carboxylic acids is 1. The number of hydrogen-bond donors (Lipinski definition) is 1. The third kappa shape index (κ3) is 3.96. The molecular formula is C13H19N3O3S2. The Morgan fingerprint density at radius 2 is 2.00 bits per heavy atom. The molecule has 1 aliphatic rings. The number of amides is 1. The van der Waals surface area contributed by atoms with Crippen LogP contribution in [0.25, 0.3) is 0 Å². The zero-order valence-corrected chi connectivity index (χ0v) is 13.5. The fourth-order valence-corrected chi connectivity index (χ4v) is 4.28. The van der Waals surface area contributed by atoms with Crippen LogP contribution in [0.4, 0.5) is 0 Å². The molecule has 0 bridgehead atoms. The van der Waals surface area contributed by atoms with Crippen LogP contribution in [0.15, 0.2) is 28.3 Å². The van der Waals surface area contributed by atoms with Gasteiger partial charge in [0.2, 0.25) is 15.9 Å². The molecule has 0 spiro atoms. The lowest BCUT2D eigenvalue weighted by Gasteiger charge is -2.25. The fraction of sp³-hybridized carbons (Fsp3) is 0.538. The number of nitrogens with zero attached hydrogens (tertiary/aromatic N) is 2. The van der Waals surface area contributed by atoms with Crippen molar-refractivity contribution in [3.8, 4) is 0 Å². The summed E-state index contributed by atoms with van der Waals surface area (Å²) in [5, 5.41) is 0.181. The zero-order valence-electron chi connectivity index (χ0n) is 11.9. The monoisotopic (exact) mass is 329 g/mol. The molecule has 1 atom stereocenters. The van der Waals surface area contributed by atoms with E-state index in [9.17, 15) is 13.2 Å². The highest BCUT2D eigenvalue weighted by Gasteiger charge is 2.26. The molecule has 8 heteroatoms. The van der Waals surface area contributed by atoms with Crippen LogP contribution < -0.4 is 5.73 Å². The highest BCUT2D eigenvalue weighted by molar-refractivity contribution is 8.00. The minimum atomic E-state index is -3.45. The first-order valence-corrected chi connectivity index (χ1v) is 9.15. The Hall–Kier alpha value is -1.12. The van der Waals surface area contributed by atoms with Crippen molar-refractivity contribution in [1.29, 1.82) is 0 Å². The zero-order chi connectivity index (χ0) is 15.5. The Bertz CT molecular complexity index is 596. The second-order valence-electron chi connectivity index (χ2n) is 4.96. The summed E-state index contributed by atoms with van der Waals surface area (Å²) >= 11 is 1.21. The molecule has 1 fully saturated rings. The third-order valence-electron chi connectivity index (χ3n) is 3.36. The number of sulfonamides is 1. The molecule has 0 saturated carbocycles. The number of thioether (sulfide) groups is 1. The van der Waals surface area contributed by atoms with E-state index in [4.69, 9.17) is 5.73 Å². The van der Waals surface area contributed by atoms with Crippen molar-refractivity contribution in [1.82, 2.24) is 9.29 Å². The summed E-state index contributed by atoms with van der Waals surface area (Å²) in [5.74, 6) is -0.424. The van der Waals surface area contributed by atoms with Gasteiger partial charge in [-0.1, -0.05) is 18.2 Å². The summed E-state index contributed by atoms with van der Waals surface area (Å²) < 4.78 is 26.4. The first-order chi connectivity index (χ1) is 9.91. The third-order valence-corrected chi connectivity index (χ3v) is 6.31. The summed E-state index contributed by atoms with van der Waals surface area (Å²) in [7, 11) is -3.45. The normalized spacial score (nSPS) is 18.3. The number of aromatic nitrogens is 1. The first-order valence-electron chi connectivity index (χ1n) is 6.83. The maximum Gasteiger partial charge on any atom is 0.244 e. The molecule has 2 rings (SSSR count). The molecule has 1 amide bonds. The van der Waals surface area contributed by atoms with Crippen LogP contribution in [0.1, 0.15) is 26.2 Å². The van der Waals surface area contributed by atoms with Crippen LogP contribution in [0.2, 0.25) is 0 Å². The summed E-state index contributed by atoms with van der Waals surface area (Å²) in [6, 6.07) is 3.15. The van der Waals surface area contributed by atoms with Crippen molar-refractivity contribution in [3.05, 3.63) is 18.3 Å². The summed E-state index contributed by atoms with van der Waals surface area (Å²) in [6.07, 6.45) is 4.22. The van der Waals surface area contributed by atoms with Crippen LogP contribution in [0.5, 0.6) is 0 Å². The van der Waals surface area contributed by atoms with E-state index in [0.717, 1.165) is 19.3 Å². The number of piperidine rings is 1. The smallest absolute Gasteiger partial charge is 0.244 e. The predicted molar refractivity (Wildman–Crippen MR) is 81.4 cm³/mol. The first kappa shape index (κ1) is 16.3. The fourth-order valence-electron chi connectivity index (χ4n) is 2.08. The van der Waals surface area contributed by atoms with Gasteiger partial charge in [-0.2, -0.15) is 4.31 Å². The second-order valence-corrected chi connectivity index (χ2v) is 8.26. The van der Waals surface area contributed by atoms with E-state index in [-0.39, 0.29) is 4.90 Å². The molecule has 116 valence electrons. The van der Waals surface area contributed by atoms with Gasteiger partial charge in [-0.05, 0) is 31.9 Å². The van der Waals surface area contributed by atoms with Crippen LogP contribution in [-0.2, 0) is 14.8 Å². The average Bonchev–Trinajstić information content (AvgIpc) is 2.48. The molecule has 2 N–H and O–H groups in total. The number of carbonyl (C=O) groups is 1. The topological polar surface area (TPSA) is 93.4 Å². The summed E-state index contributed by atoms with van der Waals surface area (Å²) in [6.45, 7) is 2.82. The molecule has 1 aromatic heterocycles. The molecular weight excluding hydrogens is 310 g/mol. The van der Waals surface area contributed by atoms with Crippen molar-refractivity contribution < 1.29 is 13.2 Å². The minimum absolute atomic E-state index is 0.195. The lowest BCUT2D eigenvalue weighted by atomic mass is 10.2. The Balaban J connectivity index is 2.12. The Kier molecular flexibility index (Phi) is 5.23. The number of nitrogens with two attached hydrogens (primary N) is 1. The largest absolute Gasteiger partial charge is 0.369 e. The van der Waals surface area contributed by atoms with Crippen molar-refractivity contribution >= 4 is 27.7 Å². The predicted octanol–water partition coefficient (Wildman–Crippen LogP) is 1.22. The SMILES string of the molecule is C[C@@H](Sc1ccc(S(=O)(=O)N2CCCCC2)cn1)C(N)=O. The molecule has 0 radical (unpaired) electrons. The van der Waals surface area contributed by atoms with Crippen LogP contribution in [0.3, 0.4) is 0 Å². The quantitative estimate of drug-likeness (QED) is 0.820. The lowest BCUT2D eigenvalue weighted by molar-refractivity contribution is -0.117. The van der Waals surface area contributed by atoms with Gasteiger partial charge in [0.05, 0.1) is 10.3 Å². The molecule has 1 saturated heterocycles. The van der Waals surface area contributed by atoms with Crippen LogP contribution >= 0.6 is 11.8 Å². The van der Waals surface area contributed by atoms with Crippen molar-refractivity contribution in [2.24, 2.45) is 5.73 Å². The standard InChI is InChI=1S/C13H19N3O3S2/c1-10(13(14)17)20-12-6-5-11(9-15-12)21(18,19)16-7-3-2-4-8-16/h5-6,9-10H,2-4,7-8H2,1H3,(H2,14,17)/t10-/m1/s1. The van der Waals surface area contributed by atoms with Gasteiger partial charge in [-0.3, -0.25) is 4.79 Å². The van der Waals surface area contributed by atoms with E-state index in [1.807, 2.05) is 0 Å². The average molecular weight is 329 g/mol. The summed E-state index contributed by atoms with van der Waals surface area (Å²) in [5.41, 5.74) is 5.19. The Morgan fingerprint density at radius 1 is 1.33 bits per heavy atom. The van der Waals surface area contributed by atoms with E-state index >= 15 is 0 Å². The molecule has 1 aromatic rings. The Labute approximate surface area is 129 Å². The van der Waals surface area contributed by atoms with Gasteiger partial charge < -0.3 is 5.73 Å². The maximum absolute atomic E-state index is 12.4. The van der Waals surface area contributed by atoms with E-state index in [1.54, 1.807) is 13.0 Å². The molecule has 0 aliphatic carbocycles. The summed E-state index contributed by atoms with van der Waals surface area (Å²) in [4.78, 5) is 15.3. The number of pyridine rings is 1. The molecule has 0 aromatic carbocycles. The van der Waals surface area contributed by atoms with Gasteiger partial charge in [0.15, 0.2) is 0 Å². The maximum atomic E-state index is 12.4. The van der Waals surface area contributed by atoms with Gasteiger partial charge in [0.25, 0.3) is 0 Å². The van der Waals surface area contributed by atoms with Gasteiger partial charge in [-0.25, -0.2) is 13.4 Å². The Morgan fingerprint density at radius 3 is 2.52 bits per heavy atom. The highest BCUT2D eigenvalue weighted by Crippen LogP contribution is 2.24. The van der Waals surface area contributed by atoms with Gasteiger partial charge in [0.1, 0.15) is 4.90 Å². The minimum Gasteiger partial charge on any atom is -0.369 e. The molecule has 1 aliphatic heterocycles. The number of rotatable bonds is 5. The van der Waals surface area contributed by atoms with Gasteiger partial charge in [0, 0.05) is 19.3 Å². The molecule has 6 nitrogen and oxygen atoms in total. The van der Waals surface area contributed by atoms with E-state index in [0.29, 0.717) is 18.1 Å². The van der Waals surface area contributed by atoms with Crippen LogP contribution in [0, 0.1) is 0 Å². The van der Waals surface area contributed by atoms with Gasteiger partial charge in [-0.15, -0.1) is 0 Å². The highest BCUT2D eigenvalue weighted by atomic mass is 32.2. The molecule has 0 unspecified atom stereocenters. The number of primary amides is 1. The van der Waals surface area contributed by atoms with Crippen LogP contribution in [-0.4, -0.2) is 42.0 Å².